The summed E-state index contributed by atoms with van der Waals surface area (Å²) in [5.41, 5.74) is 0.525. The van der Waals surface area contributed by atoms with Crippen LogP contribution in [-0.2, 0) is 11.2 Å². The van der Waals surface area contributed by atoms with Crippen molar-refractivity contribution in [3.8, 4) is 0 Å². The first-order valence-corrected chi connectivity index (χ1v) is 7.86. The first-order chi connectivity index (χ1) is 10.9. The Balaban J connectivity index is 1.93. The predicted octanol–water partition coefficient (Wildman–Crippen LogP) is 3.46. The zero-order chi connectivity index (χ0) is 16.7. The van der Waals surface area contributed by atoms with Gasteiger partial charge in [-0.2, -0.15) is 13.2 Å². The molecule has 0 bridgehead atoms. The molecule has 1 aromatic carbocycles. The summed E-state index contributed by atoms with van der Waals surface area (Å²) in [5, 5.41) is 2.08. The first kappa shape index (κ1) is 17.3. The van der Waals surface area contributed by atoms with E-state index in [1.54, 1.807) is 54.9 Å². The van der Waals surface area contributed by atoms with Crippen LogP contribution in [-0.4, -0.2) is 28.9 Å². The SMILES string of the molecule is O=C(CSc1ccncc1)N[C@H](Cc1ccccc1)C(F)(F)F. The van der Waals surface area contributed by atoms with E-state index in [1.807, 2.05) is 0 Å². The smallest absolute Gasteiger partial charge is 0.343 e. The van der Waals surface area contributed by atoms with Gasteiger partial charge in [0.1, 0.15) is 6.04 Å². The van der Waals surface area contributed by atoms with Gasteiger partial charge in [0.2, 0.25) is 5.91 Å². The lowest BCUT2D eigenvalue weighted by Crippen LogP contribution is -2.47. The molecule has 0 saturated heterocycles. The Kier molecular flexibility index (Phi) is 6.04. The first-order valence-electron chi connectivity index (χ1n) is 6.88. The zero-order valence-electron chi connectivity index (χ0n) is 12.1. The Morgan fingerprint density at radius 3 is 2.39 bits per heavy atom. The van der Waals surface area contributed by atoms with Gasteiger partial charge in [0.05, 0.1) is 5.75 Å². The van der Waals surface area contributed by atoms with Crippen LogP contribution in [0.5, 0.6) is 0 Å². The predicted molar refractivity (Wildman–Crippen MR) is 83.1 cm³/mol. The maximum absolute atomic E-state index is 13.1. The van der Waals surface area contributed by atoms with Gasteiger partial charge in [-0.05, 0) is 17.7 Å². The number of aromatic nitrogens is 1. The molecule has 0 unspecified atom stereocenters. The number of hydrogen-bond donors (Lipinski definition) is 1. The van der Waals surface area contributed by atoms with Crippen LogP contribution in [0.25, 0.3) is 0 Å². The highest BCUT2D eigenvalue weighted by Gasteiger charge is 2.40. The molecule has 7 heteroatoms. The molecule has 0 spiro atoms. The average Bonchev–Trinajstić information content (AvgIpc) is 2.53. The molecule has 2 aromatic rings. The minimum Gasteiger partial charge on any atom is -0.343 e. The van der Waals surface area contributed by atoms with Crippen LogP contribution in [0.1, 0.15) is 5.56 Å². The Labute approximate surface area is 136 Å². The van der Waals surface area contributed by atoms with Gasteiger partial charge in [0.15, 0.2) is 0 Å². The number of hydrogen-bond acceptors (Lipinski definition) is 3. The van der Waals surface area contributed by atoms with Crippen LogP contribution in [0.4, 0.5) is 13.2 Å². The molecule has 1 N–H and O–H groups in total. The van der Waals surface area contributed by atoms with Crippen molar-refractivity contribution < 1.29 is 18.0 Å². The number of benzene rings is 1. The molecule has 0 aliphatic rings. The molecule has 23 heavy (non-hydrogen) atoms. The molecule has 0 saturated carbocycles. The van der Waals surface area contributed by atoms with Gasteiger partial charge in [0, 0.05) is 23.7 Å². The van der Waals surface area contributed by atoms with Crippen molar-refractivity contribution in [1.82, 2.24) is 10.3 Å². The van der Waals surface area contributed by atoms with Crippen molar-refractivity contribution in [1.29, 1.82) is 0 Å². The van der Waals surface area contributed by atoms with Crippen molar-refractivity contribution >= 4 is 17.7 Å². The molecule has 0 radical (unpaired) electrons. The van der Waals surface area contributed by atoms with Gasteiger partial charge < -0.3 is 5.32 Å². The number of rotatable bonds is 6. The molecule has 0 fully saturated rings. The van der Waals surface area contributed by atoms with Crippen LogP contribution in [0, 0.1) is 0 Å². The highest BCUT2D eigenvalue weighted by atomic mass is 32.2. The zero-order valence-corrected chi connectivity index (χ0v) is 12.9. The maximum atomic E-state index is 13.1. The summed E-state index contributed by atoms with van der Waals surface area (Å²) in [4.78, 5) is 16.4. The normalized spacial score (nSPS) is 12.7. The Hall–Kier alpha value is -2.02. The molecule has 122 valence electrons. The number of amides is 1. The molecule has 3 nitrogen and oxygen atoms in total. The summed E-state index contributed by atoms with van der Waals surface area (Å²) in [6.07, 6.45) is -1.65. The van der Waals surface area contributed by atoms with E-state index in [4.69, 9.17) is 0 Å². The van der Waals surface area contributed by atoms with E-state index in [0.717, 1.165) is 4.90 Å². The van der Waals surface area contributed by atoms with Crippen LogP contribution in [0.15, 0.2) is 59.8 Å². The Bertz CT molecular complexity index is 620. The second-order valence-electron chi connectivity index (χ2n) is 4.82. The van der Waals surface area contributed by atoms with Crippen LogP contribution in [0.3, 0.4) is 0 Å². The molecule has 1 aromatic heterocycles. The molecular weight excluding hydrogens is 325 g/mol. The summed E-state index contributed by atoms with van der Waals surface area (Å²) in [6, 6.07) is 9.79. The van der Waals surface area contributed by atoms with Gasteiger partial charge in [0.25, 0.3) is 0 Å². The minimum absolute atomic E-state index is 0.0780. The average molecular weight is 340 g/mol. The van der Waals surface area contributed by atoms with Crippen molar-refractivity contribution in [2.45, 2.75) is 23.5 Å². The lowest BCUT2D eigenvalue weighted by Gasteiger charge is -2.21. The van der Waals surface area contributed by atoms with E-state index in [2.05, 4.69) is 10.3 Å². The van der Waals surface area contributed by atoms with Crippen molar-refractivity contribution in [3.05, 3.63) is 60.4 Å². The number of pyridine rings is 1. The number of carbonyl (C=O) groups is 1. The molecular formula is C16H15F3N2OS. The fourth-order valence-corrected chi connectivity index (χ4v) is 2.61. The number of nitrogens with zero attached hydrogens (tertiary/aromatic N) is 1. The molecule has 0 aliphatic heterocycles. The molecule has 1 amide bonds. The van der Waals surface area contributed by atoms with Gasteiger partial charge >= 0.3 is 6.18 Å². The van der Waals surface area contributed by atoms with E-state index in [9.17, 15) is 18.0 Å². The number of alkyl halides is 3. The minimum atomic E-state index is -4.49. The third-order valence-corrected chi connectivity index (χ3v) is 4.04. The number of nitrogens with one attached hydrogen (secondary N) is 1. The van der Waals surface area contributed by atoms with Crippen molar-refractivity contribution in [2.24, 2.45) is 0 Å². The number of carbonyl (C=O) groups excluding carboxylic acids is 1. The largest absolute Gasteiger partial charge is 0.408 e. The highest BCUT2D eigenvalue weighted by Crippen LogP contribution is 2.24. The number of halogens is 3. The summed E-state index contributed by atoms with van der Waals surface area (Å²) < 4.78 is 39.3. The molecule has 1 atom stereocenters. The van der Waals surface area contributed by atoms with Gasteiger partial charge in [-0.3, -0.25) is 9.78 Å². The van der Waals surface area contributed by atoms with Crippen molar-refractivity contribution in [2.75, 3.05) is 5.75 Å². The topological polar surface area (TPSA) is 42.0 Å². The lowest BCUT2D eigenvalue weighted by molar-refractivity contribution is -0.160. The maximum Gasteiger partial charge on any atom is 0.408 e. The summed E-state index contributed by atoms with van der Waals surface area (Å²) in [6.45, 7) is 0. The second kappa shape index (κ2) is 8.01. The molecule has 2 rings (SSSR count). The monoisotopic (exact) mass is 340 g/mol. The van der Waals surface area contributed by atoms with Gasteiger partial charge in [-0.25, -0.2) is 0 Å². The Morgan fingerprint density at radius 1 is 1.13 bits per heavy atom. The quantitative estimate of drug-likeness (QED) is 0.819. The summed E-state index contributed by atoms with van der Waals surface area (Å²) in [7, 11) is 0. The van der Waals surface area contributed by atoms with E-state index in [1.165, 1.54) is 11.8 Å². The van der Waals surface area contributed by atoms with E-state index >= 15 is 0 Å². The van der Waals surface area contributed by atoms with Crippen LogP contribution < -0.4 is 5.32 Å². The lowest BCUT2D eigenvalue weighted by atomic mass is 10.1. The van der Waals surface area contributed by atoms with E-state index < -0.39 is 18.1 Å². The fraction of sp³-hybridized carbons (Fsp3) is 0.250. The highest BCUT2D eigenvalue weighted by molar-refractivity contribution is 8.00. The van der Waals surface area contributed by atoms with Crippen LogP contribution >= 0.6 is 11.8 Å². The number of thioether (sulfide) groups is 1. The molecule has 0 aliphatic carbocycles. The third-order valence-electron chi connectivity index (χ3n) is 3.03. The fourth-order valence-electron chi connectivity index (χ4n) is 1.92. The van der Waals surface area contributed by atoms with Gasteiger partial charge in [-0.1, -0.05) is 30.3 Å². The summed E-state index contributed by atoms with van der Waals surface area (Å²) in [5.74, 6) is -0.726. The second-order valence-corrected chi connectivity index (χ2v) is 5.87. The van der Waals surface area contributed by atoms with E-state index in [-0.39, 0.29) is 12.2 Å². The molecule has 1 heterocycles. The standard InChI is InChI=1S/C16H15F3N2OS/c17-16(18,19)14(10-12-4-2-1-3-5-12)21-15(22)11-23-13-6-8-20-9-7-13/h1-9,14H,10-11H2,(H,21,22)/t14-/m1/s1. The Morgan fingerprint density at radius 2 is 1.78 bits per heavy atom. The van der Waals surface area contributed by atoms with Gasteiger partial charge in [-0.15, -0.1) is 11.8 Å². The van der Waals surface area contributed by atoms with E-state index in [0.29, 0.717) is 5.56 Å². The van der Waals surface area contributed by atoms with Crippen molar-refractivity contribution in [3.63, 3.8) is 0 Å². The van der Waals surface area contributed by atoms with Crippen LogP contribution in [0.2, 0.25) is 0 Å². The third kappa shape index (κ3) is 5.94. The summed E-state index contributed by atoms with van der Waals surface area (Å²) >= 11 is 1.17.